The van der Waals surface area contributed by atoms with Crippen LogP contribution in [-0.4, -0.2) is 41.5 Å². The van der Waals surface area contributed by atoms with Crippen molar-refractivity contribution in [1.82, 2.24) is 19.6 Å². The first-order chi connectivity index (χ1) is 9.60. The van der Waals surface area contributed by atoms with E-state index in [2.05, 4.69) is 15.2 Å². The highest BCUT2D eigenvalue weighted by Gasteiger charge is 2.06. The van der Waals surface area contributed by atoms with Crippen molar-refractivity contribution in [3.05, 3.63) is 45.5 Å². The van der Waals surface area contributed by atoms with Crippen LogP contribution in [0.3, 0.4) is 0 Å². The molecule has 0 aliphatic carbocycles. The van der Waals surface area contributed by atoms with Gasteiger partial charge in [0.25, 0.3) is 5.56 Å². The van der Waals surface area contributed by atoms with Gasteiger partial charge in [-0.15, -0.1) is 0 Å². The van der Waals surface area contributed by atoms with Crippen molar-refractivity contribution >= 4 is 17.2 Å². The molecule has 20 heavy (non-hydrogen) atoms. The van der Waals surface area contributed by atoms with E-state index in [9.17, 15) is 4.79 Å². The second kappa shape index (κ2) is 6.83. The standard InChI is InChI=1S/C14H19ClN4O/c1-16-6-3-7-18(2)10-12-8-14(20)19-9-11(15)4-5-13(19)17-12/h4-5,8-9,16H,3,6-7,10H2,1-2H3. The number of halogens is 1. The third-order valence-corrected chi connectivity index (χ3v) is 3.30. The minimum Gasteiger partial charge on any atom is -0.320 e. The molecule has 2 heterocycles. The quantitative estimate of drug-likeness (QED) is 0.818. The normalized spacial score (nSPS) is 11.4. The highest BCUT2D eigenvalue weighted by atomic mass is 35.5. The second-order valence-corrected chi connectivity index (χ2v) is 5.29. The largest absolute Gasteiger partial charge is 0.320 e. The summed E-state index contributed by atoms with van der Waals surface area (Å²) in [5.41, 5.74) is 1.31. The second-order valence-electron chi connectivity index (χ2n) is 4.86. The molecule has 0 bridgehead atoms. The van der Waals surface area contributed by atoms with Crippen LogP contribution in [0.5, 0.6) is 0 Å². The summed E-state index contributed by atoms with van der Waals surface area (Å²) in [4.78, 5) is 18.7. The molecule has 0 saturated carbocycles. The van der Waals surface area contributed by atoms with E-state index in [0.29, 0.717) is 17.2 Å². The zero-order valence-corrected chi connectivity index (χ0v) is 12.5. The summed E-state index contributed by atoms with van der Waals surface area (Å²) in [5.74, 6) is 0. The van der Waals surface area contributed by atoms with Gasteiger partial charge in [0, 0.05) is 18.8 Å². The fraction of sp³-hybridized carbons (Fsp3) is 0.429. The van der Waals surface area contributed by atoms with Crippen LogP contribution in [0.4, 0.5) is 0 Å². The van der Waals surface area contributed by atoms with Gasteiger partial charge in [0.1, 0.15) is 5.65 Å². The van der Waals surface area contributed by atoms with Crippen molar-refractivity contribution in [1.29, 1.82) is 0 Å². The van der Waals surface area contributed by atoms with E-state index >= 15 is 0 Å². The van der Waals surface area contributed by atoms with Gasteiger partial charge >= 0.3 is 0 Å². The van der Waals surface area contributed by atoms with Gasteiger partial charge in [-0.2, -0.15) is 0 Å². The number of fused-ring (bicyclic) bond motifs is 1. The van der Waals surface area contributed by atoms with E-state index in [1.54, 1.807) is 24.4 Å². The Kier molecular flexibility index (Phi) is 5.11. The lowest BCUT2D eigenvalue weighted by atomic mass is 10.3. The van der Waals surface area contributed by atoms with Crippen LogP contribution >= 0.6 is 11.6 Å². The topological polar surface area (TPSA) is 49.6 Å². The molecule has 2 aromatic heterocycles. The number of rotatable bonds is 6. The van der Waals surface area contributed by atoms with Crippen molar-refractivity contribution in [2.75, 3.05) is 27.2 Å². The lowest BCUT2D eigenvalue weighted by Crippen LogP contribution is -2.24. The van der Waals surface area contributed by atoms with Crippen molar-refractivity contribution in [2.24, 2.45) is 0 Å². The van der Waals surface area contributed by atoms with Gasteiger partial charge in [-0.25, -0.2) is 4.98 Å². The third-order valence-electron chi connectivity index (χ3n) is 3.08. The van der Waals surface area contributed by atoms with Crippen LogP contribution in [0.1, 0.15) is 12.1 Å². The first-order valence-electron chi connectivity index (χ1n) is 6.61. The Balaban J connectivity index is 2.15. The zero-order chi connectivity index (χ0) is 14.5. The van der Waals surface area contributed by atoms with Crippen LogP contribution in [0.15, 0.2) is 29.2 Å². The van der Waals surface area contributed by atoms with E-state index in [0.717, 1.165) is 25.2 Å². The molecular formula is C14H19ClN4O. The van der Waals surface area contributed by atoms with Gasteiger partial charge < -0.3 is 10.2 Å². The Morgan fingerprint density at radius 1 is 1.45 bits per heavy atom. The molecular weight excluding hydrogens is 276 g/mol. The summed E-state index contributed by atoms with van der Waals surface area (Å²) in [5, 5.41) is 3.64. The number of nitrogens with one attached hydrogen (secondary N) is 1. The van der Waals surface area contributed by atoms with Crippen molar-refractivity contribution in [2.45, 2.75) is 13.0 Å². The van der Waals surface area contributed by atoms with E-state index in [-0.39, 0.29) is 5.56 Å². The Hall–Kier alpha value is -1.43. The lowest BCUT2D eigenvalue weighted by molar-refractivity contribution is 0.317. The molecule has 0 aliphatic heterocycles. The van der Waals surface area contributed by atoms with E-state index in [4.69, 9.17) is 11.6 Å². The van der Waals surface area contributed by atoms with Crippen molar-refractivity contribution < 1.29 is 0 Å². The SMILES string of the molecule is CNCCCN(C)Cc1cc(=O)n2cc(Cl)ccc2n1. The molecule has 0 radical (unpaired) electrons. The van der Waals surface area contributed by atoms with Crippen molar-refractivity contribution in [3.8, 4) is 0 Å². The van der Waals surface area contributed by atoms with E-state index in [1.165, 1.54) is 4.40 Å². The molecule has 0 unspecified atom stereocenters. The molecule has 0 aliphatic rings. The highest BCUT2D eigenvalue weighted by Crippen LogP contribution is 2.09. The molecule has 0 spiro atoms. The summed E-state index contributed by atoms with van der Waals surface area (Å²) in [6.45, 7) is 2.61. The van der Waals surface area contributed by atoms with Crippen LogP contribution in [0.25, 0.3) is 5.65 Å². The Morgan fingerprint density at radius 2 is 2.25 bits per heavy atom. The first-order valence-corrected chi connectivity index (χ1v) is 6.99. The molecule has 6 heteroatoms. The number of pyridine rings is 1. The molecule has 0 atom stereocenters. The molecule has 0 fully saturated rings. The molecule has 5 nitrogen and oxygen atoms in total. The zero-order valence-electron chi connectivity index (χ0n) is 11.8. The summed E-state index contributed by atoms with van der Waals surface area (Å²) in [6, 6.07) is 5.07. The van der Waals surface area contributed by atoms with Gasteiger partial charge in [0.05, 0.1) is 10.7 Å². The fourth-order valence-corrected chi connectivity index (χ4v) is 2.25. The van der Waals surface area contributed by atoms with Gasteiger partial charge in [-0.3, -0.25) is 9.20 Å². The Bertz CT molecular complexity index is 641. The Labute approximate surface area is 123 Å². The molecule has 2 rings (SSSR count). The first kappa shape index (κ1) is 15.0. The van der Waals surface area contributed by atoms with Crippen LogP contribution < -0.4 is 10.9 Å². The molecule has 0 aromatic carbocycles. The minimum atomic E-state index is -0.101. The number of nitrogens with zero attached hydrogens (tertiary/aromatic N) is 3. The molecule has 0 amide bonds. The summed E-state index contributed by atoms with van der Waals surface area (Å²) in [7, 11) is 3.97. The van der Waals surface area contributed by atoms with E-state index in [1.807, 2.05) is 14.1 Å². The maximum absolute atomic E-state index is 12.0. The lowest BCUT2D eigenvalue weighted by Gasteiger charge is -2.16. The number of aromatic nitrogens is 2. The molecule has 1 N–H and O–H groups in total. The molecule has 108 valence electrons. The fourth-order valence-electron chi connectivity index (χ4n) is 2.09. The van der Waals surface area contributed by atoms with Gasteiger partial charge in [0.2, 0.25) is 0 Å². The predicted molar refractivity (Wildman–Crippen MR) is 81.3 cm³/mol. The number of hydrogen-bond acceptors (Lipinski definition) is 4. The third kappa shape index (κ3) is 3.79. The predicted octanol–water partition coefficient (Wildman–Crippen LogP) is 1.39. The van der Waals surface area contributed by atoms with Crippen molar-refractivity contribution in [3.63, 3.8) is 0 Å². The summed E-state index contributed by atoms with van der Waals surface area (Å²) in [6.07, 6.45) is 2.65. The van der Waals surface area contributed by atoms with Crippen LogP contribution in [0, 0.1) is 0 Å². The monoisotopic (exact) mass is 294 g/mol. The smallest absolute Gasteiger partial charge is 0.258 e. The average Bonchev–Trinajstić information content (AvgIpc) is 2.40. The average molecular weight is 295 g/mol. The van der Waals surface area contributed by atoms with Gasteiger partial charge in [0.15, 0.2) is 0 Å². The van der Waals surface area contributed by atoms with Gasteiger partial charge in [-0.05, 0) is 45.7 Å². The van der Waals surface area contributed by atoms with Crippen LogP contribution in [-0.2, 0) is 6.54 Å². The maximum Gasteiger partial charge on any atom is 0.258 e. The number of hydrogen-bond donors (Lipinski definition) is 1. The minimum absolute atomic E-state index is 0.101. The van der Waals surface area contributed by atoms with E-state index < -0.39 is 0 Å². The molecule has 2 aromatic rings. The highest BCUT2D eigenvalue weighted by molar-refractivity contribution is 6.30. The molecule has 0 saturated heterocycles. The Morgan fingerprint density at radius 3 is 3.00 bits per heavy atom. The maximum atomic E-state index is 12.0. The van der Waals surface area contributed by atoms with Crippen LogP contribution in [0.2, 0.25) is 5.02 Å². The summed E-state index contributed by atoms with van der Waals surface area (Å²) >= 11 is 5.88. The summed E-state index contributed by atoms with van der Waals surface area (Å²) < 4.78 is 1.47. The van der Waals surface area contributed by atoms with Gasteiger partial charge in [-0.1, -0.05) is 11.6 Å².